The summed E-state index contributed by atoms with van der Waals surface area (Å²) in [5, 5.41) is 0. The third-order valence-corrected chi connectivity index (χ3v) is 4.26. The van der Waals surface area contributed by atoms with Gasteiger partial charge in [-0.05, 0) is 6.92 Å². The molecule has 0 aromatic heterocycles. The molecule has 1 atom stereocenters. The van der Waals surface area contributed by atoms with Crippen molar-refractivity contribution >= 4 is 7.82 Å². The minimum Gasteiger partial charge on any atom is -0.302 e. The zero-order valence-electron chi connectivity index (χ0n) is 14.3. The number of phosphoric acid groups is 1. The summed E-state index contributed by atoms with van der Waals surface area (Å²) in [5.74, 6) is -51.4. The first-order valence-electron chi connectivity index (χ1n) is 6.91. The Labute approximate surface area is 163 Å². The van der Waals surface area contributed by atoms with Gasteiger partial charge in [-0.1, -0.05) is 0 Å². The molecule has 22 heteroatoms. The number of alkyl halides is 17. The van der Waals surface area contributed by atoms with Crippen molar-refractivity contribution in [3.8, 4) is 0 Å². The van der Waals surface area contributed by atoms with Crippen LogP contribution in [0.25, 0.3) is 0 Å². The van der Waals surface area contributed by atoms with Crippen LogP contribution in [-0.4, -0.2) is 59.3 Å². The van der Waals surface area contributed by atoms with Gasteiger partial charge in [-0.3, -0.25) is 4.52 Å². The van der Waals surface area contributed by atoms with E-state index in [9.17, 15) is 79.2 Å². The van der Waals surface area contributed by atoms with Crippen LogP contribution in [0.5, 0.6) is 0 Å². The predicted molar refractivity (Wildman–Crippen MR) is 63.2 cm³/mol. The summed E-state index contributed by atoms with van der Waals surface area (Å²) in [6.45, 7) is -0.548. The third-order valence-electron chi connectivity index (χ3n) is 3.22. The van der Waals surface area contributed by atoms with Crippen LogP contribution in [0.15, 0.2) is 0 Å². The number of hydrogen-bond acceptors (Lipinski definition) is 3. The first-order chi connectivity index (χ1) is 13.5. The molecule has 0 rings (SSSR count). The minimum atomic E-state index is -8.81. The van der Waals surface area contributed by atoms with Crippen LogP contribution < -0.4 is 0 Å². The van der Waals surface area contributed by atoms with E-state index in [1.807, 2.05) is 0 Å². The highest BCUT2D eigenvalue weighted by Crippen LogP contribution is 2.65. The normalized spacial score (nSPS) is 18.0. The van der Waals surface area contributed by atoms with E-state index in [-0.39, 0.29) is 0 Å². The van der Waals surface area contributed by atoms with Gasteiger partial charge in [-0.25, -0.2) is 9.09 Å². The van der Waals surface area contributed by atoms with Crippen LogP contribution in [0.3, 0.4) is 0 Å². The smallest absolute Gasteiger partial charge is 0.302 e. The van der Waals surface area contributed by atoms with Crippen LogP contribution >= 0.6 is 7.82 Å². The topological polar surface area (TPSA) is 55.8 Å². The highest BCUT2D eigenvalue weighted by atomic mass is 31.2. The van der Waals surface area contributed by atoms with Gasteiger partial charge >= 0.3 is 55.6 Å². The molecule has 1 N–H and O–H groups in total. The summed E-state index contributed by atoms with van der Waals surface area (Å²) in [6.07, 6.45) is -15.3. The summed E-state index contributed by atoms with van der Waals surface area (Å²) in [6, 6.07) is 0. The lowest BCUT2D eigenvalue weighted by Gasteiger charge is -2.42. The Balaban J connectivity index is 6.69. The Hall–Kier alpha value is -1.08. The molecular formula is C10H6F17O4P. The molecule has 0 fully saturated rings. The molecule has 0 saturated heterocycles. The SMILES string of the molecule is CCOP(=O)(O)OC(F)(F)C(F)(F)C(F)(F)C(F)(F)C(F)(F)C(F)(F)C(F)(F)C(F)(F)F. The van der Waals surface area contributed by atoms with Crippen molar-refractivity contribution in [3.63, 3.8) is 0 Å². The molecule has 32 heavy (non-hydrogen) atoms. The number of hydrogen-bond donors (Lipinski definition) is 1. The fourth-order valence-corrected chi connectivity index (χ4v) is 2.32. The van der Waals surface area contributed by atoms with E-state index in [0.717, 1.165) is 0 Å². The van der Waals surface area contributed by atoms with Gasteiger partial charge < -0.3 is 4.89 Å². The average molecular weight is 544 g/mol. The zero-order chi connectivity index (χ0) is 26.6. The summed E-state index contributed by atoms with van der Waals surface area (Å²) in [7, 11) is -6.57. The maximum absolute atomic E-state index is 13.3. The molecule has 0 aromatic carbocycles. The first-order valence-corrected chi connectivity index (χ1v) is 8.41. The predicted octanol–water partition coefficient (Wildman–Crippen LogP) is 6.11. The van der Waals surface area contributed by atoms with E-state index < -0.39 is 62.2 Å². The van der Waals surface area contributed by atoms with E-state index in [0.29, 0.717) is 6.92 Å². The van der Waals surface area contributed by atoms with Crippen LogP contribution in [0.4, 0.5) is 74.6 Å². The molecule has 194 valence electrons. The zero-order valence-corrected chi connectivity index (χ0v) is 15.1. The quantitative estimate of drug-likeness (QED) is 0.267. The van der Waals surface area contributed by atoms with E-state index in [4.69, 9.17) is 4.89 Å². The fraction of sp³-hybridized carbons (Fsp3) is 1.00. The van der Waals surface area contributed by atoms with Crippen LogP contribution in [0.1, 0.15) is 6.92 Å². The first kappa shape index (κ1) is 30.9. The lowest BCUT2D eigenvalue weighted by atomic mass is 9.91. The summed E-state index contributed by atoms with van der Waals surface area (Å²) >= 11 is 0. The summed E-state index contributed by atoms with van der Waals surface area (Å²) in [5.41, 5.74) is 0. The molecule has 0 aliphatic carbocycles. The van der Waals surface area contributed by atoms with E-state index in [1.165, 1.54) is 0 Å². The average Bonchev–Trinajstić information content (AvgIpc) is 2.51. The third kappa shape index (κ3) is 4.36. The highest BCUT2D eigenvalue weighted by molar-refractivity contribution is 7.47. The fourth-order valence-electron chi connectivity index (χ4n) is 1.54. The second-order valence-corrected chi connectivity index (χ2v) is 6.82. The van der Waals surface area contributed by atoms with Crippen molar-refractivity contribution in [2.75, 3.05) is 6.61 Å². The van der Waals surface area contributed by atoms with E-state index in [1.54, 1.807) is 0 Å². The Kier molecular flexibility index (Phi) is 7.73. The number of phosphoric ester groups is 1. The standard InChI is InChI=1S/C10H6F17O4P/c1-2-30-32(28,29)31-10(26,27)8(21,22)6(17,18)4(13,14)3(11,12)5(15,16)7(19,20)9(23,24)25/h2H2,1H3,(H,28,29). The monoisotopic (exact) mass is 544 g/mol. The minimum absolute atomic E-state index is 0.648. The van der Waals surface area contributed by atoms with E-state index in [2.05, 4.69) is 9.05 Å². The second-order valence-electron chi connectivity index (χ2n) is 5.44. The molecule has 1 unspecified atom stereocenters. The molecule has 0 amide bonds. The molecule has 0 bridgehead atoms. The van der Waals surface area contributed by atoms with E-state index >= 15 is 0 Å². The maximum Gasteiger partial charge on any atom is 0.477 e. The molecule has 0 saturated carbocycles. The van der Waals surface area contributed by atoms with Gasteiger partial charge in [-0.15, -0.1) is 0 Å². The molecule has 4 nitrogen and oxygen atoms in total. The molecule has 0 spiro atoms. The van der Waals surface area contributed by atoms with Crippen molar-refractivity contribution in [1.29, 1.82) is 0 Å². The molecule has 0 heterocycles. The maximum atomic E-state index is 13.3. The lowest BCUT2D eigenvalue weighted by Crippen LogP contribution is -2.74. The van der Waals surface area contributed by atoms with Crippen molar-refractivity contribution < 1.29 is 93.1 Å². The van der Waals surface area contributed by atoms with Gasteiger partial charge in [0.25, 0.3) is 0 Å². The Morgan fingerprint density at radius 3 is 1.16 bits per heavy atom. The summed E-state index contributed by atoms with van der Waals surface area (Å²) < 4.78 is 236. The van der Waals surface area contributed by atoms with Crippen LogP contribution in [0, 0.1) is 0 Å². The Morgan fingerprint density at radius 1 is 0.594 bits per heavy atom. The van der Waals surface area contributed by atoms with Crippen molar-refractivity contribution in [1.82, 2.24) is 0 Å². The molecule has 0 aliphatic heterocycles. The van der Waals surface area contributed by atoms with Gasteiger partial charge in [0.15, 0.2) is 0 Å². The van der Waals surface area contributed by atoms with Gasteiger partial charge in [0, 0.05) is 0 Å². The lowest BCUT2D eigenvalue weighted by molar-refractivity contribution is -0.472. The van der Waals surface area contributed by atoms with Crippen molar-refractivity contribution in [3.05, 3.63) is 0 Å². The van der Waals surface area contributed by atoms with Gasteiger partial charge in [-0.2, -0.15) is 74.6 Å². The molecular weight excluding hydrogens is 538 g/mol. The number of rotatable bonds is 10. The number of halogens is 17. The van der Waals surface area contributed by atoms with Crippen LogP contribution in [-0.2, 0) is 13.6 Å². The highest BCUT2D eigenvalue weighted by Gasteiger charge is 2.95. The van der Waals surface area contributed by atoms with Gasteiger partial charge in [0.2, 0.25) is 0 Å². The Morgan fingerprint density at radius 2 is 0.875 bits per heavy atom. The van der Waals surface area contributed by atoms with Crippen molar-refractivity contribution in [2.24, 2.45) is 0 Å². The largest absolute Gasteiger partial charge is 0.477 e. The van der Waals surface area contributed by atoms with Gasteiger partial charge in [0.1, 0.15) is 0 Å². The molecule has 0 aromatic rings. The molecule has 0 aliphatic rings. The van der Waals surface area contributed by atoms with Crippen LogP contribution in [0.2, 0.25) is 0 Å². The second kappa shape index (κ2) is 8.00. The Bertz CT molecular complexity index is 729. The van der Waals surface area contributed by atoms with Gasteiger partial charge in [0.05, 0.1) is 6.61 Å². The summed E-state index contributed by atoms with van der Waals surface area (Å²) in [4.78, 5) is 8.54. The molecule has 0 radical (unpaired) electrons. The van der Waals surface area contributed by atoms with Crippen molar-refractivity contribution in [2.45, 2.75) is 54.7 Å².